The van der Waals surface area contributed by atoms with E-state index in [4.69, 9.17) is 26.2 Å². The van der Waals surface area contributed by atoms with Crippen LogP contribution in [0.5, 0.6) is 11.5 Å². The fraction of sp³-hybridized carbons (Fsp3) is 0.462. The molecule has 0 radical (unpaired) electrons. The molecule has 19 heavy (non-hydrogen) atoms. The number of ether oxygens (including phenoxy) is 2. The van der Waals surface area contributed by atoms with Crippen LogP contribution in [0.25, 0.3) is 0 Å². The standard InChI is InChI=1S/C13H15ClO5/c1-18-12-9(14)4-8(11(15)13(16)17)5-10(12)19-6-7-2-3-7/h4-5,7,11,15H,2-3,6H2,1H3,(H,16,17). The first-order chi connectivity index (χ1) is 9.02. The smallest absolute Gasteiger partial charge is 0.337 e. The summed E-state index contributed by atoms with van der Waals surface area (Å²) in [6.45, 7) is 0.541. The summed E-state index contributed by atoms with van der Waals surface area (Å²) in [5, 5.41) is 18.6. The third-order valence-electron chi connectivity index (χ3n) is 2.96. The predicted octanol–water partition coefficient (Wildman–Crippen LogP) is 2.26. The first-order valence-corrected chi connectivity index (χ1v) is 6.31. The number of methoxy groups -OCH3 is 1. The second-order valence-corrected chi connectivity index (χ2v) is 4.94. The number of aliphatic carboxylic acids is 1. The van der Waals surface area contributed by atoms with E-state index < -0.39 is 12.1 Å². The average Bonchev–Trinajstić information content (AvgIpc) is 3.18. The molecule has 1 aliphatic carbocycles. The Hall–Kier alpha value is -1.46. The Balaban J connectivity index is 2.28. The minimum absolute atomic E-state index is 0.170. The monoisotopic (exact) mass is 286 g/mol. The van der Waals surface area contributed by atoms with Crippen LogP contribution in [0.3, 0.4) is 0 Å². The molecule has 1 aromatic carbocycles. The highest BCUT2D eigenvalue weighted by Crippen LogP contribution is 2.39. The second-order valence-electron chi connectivity index (χ2n) is 4.53. The number of aliphatic hydroxyl groups is 1. The lowest BCUT2D eigenvalue weighted by Crippen LogP contribution is -2.11. The fourth-order valence-electron chi connectivity index (χ4n) is 1.69. The van der Waals surface area contributed by atoms with Gasteiger partial charge in [0, 0.05) is 0 Å². The third kappa shape index (κ3) is 3.30. The molecule has 5 nitrogen and oxygen atoms in total. The zero-order valence-electron chi connectivity index (χ0n) is 10.4. The molecule has 2 rings (SSSR count). The maximum atomic E-state index is 10.8. The van der Waals surface area contributed by atoms with Crippen molar-refractivity contribution >= 4 is 17.6 Å². The molecule has 1 aliphatic rings. The summed E-state index contributed by atoms with van der Waals surface area (Å²) in [5.41, 5.74) is 0.170. The number of hydrogen-bond donors (Lipinski definition) is 2. The van der Waals surface area contributed by atoms with E-state index in [1.54, 1.807) is 0 Å². The Morgan fingerprint density at radius 1 is 1.53 bits per heavy atom. The quantitative estimate of drug-likeness (QED) is 0.839. The summed E-state index contributed by atoms with van der Waals surface area (Å²) < 4.78 is 10.7. The number of carbonyl (C=O) groups is 1. The van der Waals surface area contributed by atoms with Crippen molar-refractivity contribution in [2.75, 3.05) is 13.7 Å². The van der Waals surface area contributed by atoms with E-state index in [1.165, 1.54) is 19.2 Å². The Morgan fingerprint density at radius 2 is 2.21 bits per heavy atom. The highest BCUT2D eigenvalue weighted by atomic mass is 35.5. The van der Waals surface area contributed by atoms with Gasteiger partial charge in [0.15, 0.2) is 17.6 Å². The van der Waals surface area contributed by atoms with Crippen LogP contribution in [-0.4, -0.2) is 29.9 Å². The van der Waals surface area contributed by atoms with Crippen molar-refractivity contribution < 1.29 is 24.5 Å². The Morgan fingerprint density at radius 3 is 2.74 bits per heavy atom. The van der Waals surface area contributed by atoms with Gasteiger partial charge in [-0.3, -0.25) is 0 Å². The van der Waals surface area contributed by atoms with Gasteiger partial charge in [0.1, 0.15) is 0 Å². The number of rotatable bonds is 6. The molecule has 104 valence electrons. The van der Waals surface area contributed by atoms with Gasteiger partial charge in [-0.15, -0.1) is 0 Å². The molecule has 1 atom stereocenters. The van der Waals surface area contributed by atoms with Gasteiger partial charge in [-0.05, 0) is 36.5 Å². The van der Waals surface area contributed by atoms with Gasteiger partial charge in [0.25, 0.3) is 0 Å². The highest BCUT2D eigenvalue weighted by molar-refractivity contribution is 6.32. The summed E-state index contributed by atoms with van der Waals surface area (Å²) in [6, 6.07) is 2.81. The molecule has 1 unspecified atom stereocenters. The number of halogens is 1. The Labute approximate surface area is 115 Å². The summed E-state index contributed by atoms with van der Waals surface area (Å²) >= 11 is 6.01. The van der Waals surface area contributed by atoms with Crippen molar-refractivity contribution in [1.82, 2.24) is 0 Å². The molecule has 0 amide bonds. The molecule has 0 heterocycles. The highest BCUT2D eigenvalue weighted by Gasteiger charge is 2.24. The van der Waals surface area contributed by atoms with Gasteiger partial charge < -0.3 is 19.7 Å². The van der Waals surface area contributed by atoms with Crippen molar-refractivity contribution in [3.8, 4) is 11.5 Å². The normalized spacial score (nSPS) is 15.9. The van der Waals surface area contributed by atoms with Crippen LogP contribution in [0.2, 0.25) is 5.02 Å². The molecule has 2 N–H and O–H groups in total. The molecule has 0 bridgehead atoms. The number of carboxylic acid groups (broad SMARTS) is 1. The van der Waals surface area contributed by atoms with Crippen molar-refractivity contribution in [2.24, 2.45) is 5.92 Å². The second kappa shape index (κ2) is 5.67. The van der Waals surface area contributed by atoms with Gasteiger partial charge in [-0.1, -0.05) is 11.6 Å². The number of benzene rings is 1. The van der Waals surface area contributed by atoms with Crippen molar-refractivity contribution in [3.63, 3.8) is 0 Å². The van der Waals surface area contributed by atoms with Crippen molar-refractivity contribution in [3.05, 3.63) is 22.7 Å². The van der Waals surface area contributed by atoms with Crippen LogP contribution in [0.15, 0.2) is 12.1 Å². The van der Waals surface area contributed by atoms with E-state index in [0.29, 0.717) is 24.0 Å². The van der Waals surface area contributed by atoms with Crippen molar-refractivity contribution in [1.29, 1.82) is 0 Å². The Kier molecular flexibility index (Phi) is 4.17. The third-order valence-corrected chi connectivity index (χ3v) is 3.24. The molecular formula is C13H15ClO5. The zero-order chi connectivity index (χ0) is 14.0. The van der Waals surface area contributed by atoms with E-state index >= 15 is 0 Å². The van der Waals surface area contributed by atoms with E-state index in [2.05, 4.69) is 0 Å². The van der Waals surface area contributed by atoms with Gasteiger partial charge in [-0.2, -0.15) is 0 Å². The van der Waals surface area contributed by atoms with Crippen LogP contribution in [0.1, 0.15) is 24.5 Å². The summed E-state index contributed by atoms with van der Waals surface area (Å²) in [6.07, 6.45) is 0.632. The lowest BCUT2D eigenvalue weighted by molar-refractivity contribution is -0.146. The van der Waals surface area contributed by atoms with Crippen LogP contribution in [0, 0.1) is 5.92 Å². The summed E-state index contributed by atoms with van der Waals surface area (Å²) in [7, 11) is 1.46. The number of aliphatic hydroxyl groups excluding tert-OH is 1. The molecule has 1 saturated carbocycles. The largest absolute Gasteiger partial charge is 0.491 e. The Bertz CT molecular complexity index is 484. The molecule has 0 spiro atoms. The number of carboxylic acids is 1. The van der Waals surface area contributed by atoms with Gasteiger partial charge in [-0.25, -0.2) is 4.79 Å². The number of hydrogen-bond acceptors (Lipinski definition) is 4. The van der Waals surface area contributed by atoms with Gasteiger partial charge >= 0.3 is 5.97 Å². The van der Waals surface area contributed by atoms with Crippen LogP contribution in [-0.2, 0) is 4.79 Å². The molecular weight excluding hydrogens is 272 g/mol. The van der Waals surface area contributed by atoms with Crippen LogP contribution in [0.4, 0.5) is 0 Å². The lowest BCUT2D eigenvalue weighted by atomic mass is 10.1. The van der Waals surface area contributed by atoms with Gasteiger partial charge in [0.05, 0.1) is 18.7 Å². The molecule has 1 fully saturated rings. The molecule has 6 heteroatoms. The van der Waals surface area contributed by atoms with Gasteiger partial charge in [0.2, 0.25) is 0 Å². The van der Waals surface area contributed by atoms with E-state index in [-0.39, 0.29) is 10.6 Å². The maximum Gasteiger partial charge on any atom is 0.337 e. The van der Waals surface area contributed by atoms with E-state index in [0.717, 1.165) is 12.8 Å². The first kappa shape index (κ1) is 14.0. The van der Waals surface area contributed by atoms with E-state index in [1.807, 2.05) is 0 Å². The SMILES string of the molecule is COc1c(Cl)cc(C(O)C(=O)O)cc1OCC1CC1. The maximum absolute atomic E-state index is 10.8. The molecule has 1 aromatic rings. The first-order valence-electron chi connectivity index (χ1n) is 5.94. The zero-order valence-corrected chi connectivity index (χ0v) is 11.2. The lowest BCUT2D eigenvalue weighted by Gasteiger charge is -2.15. The summed E-state index contributed by atoms with van der Waals surface area (Å²) in [4.78, 5) is 10.8. The fourth-order valence-corrected chi connectivity index (χ4v) is 1.98. The molecule has 0 aliphatic heterocycles. The molecule has 0 aromatic heterocycles. The van der Waals surface area contributed by atoms with E-state index in [9.17, 15) is 9.90 Å². The predicted molar refractivity (Wildman–Crippen MR) is 68.8 cm³/mol. The minimum atomic E-state index is -1.63. The van der Waals surface area contributed by atoms with Crippen LogP contribution >= 0.6 is 11.6 Å². The minimum Gasteiger partial charge on any atom is -0.491 e. The topological polar surface area (TPSA) is 76.0 Å². The molecule has 0 saturated heterocycles. The summed E-state index contributed by atoms with van der Waals surface area (Å²) in [5.74, 6) is -0.0910. The van der Waals surface area contributed by atoms with Crippen molar-refractivity contribution in [2.45, 2.75) is 18.9 Å². The van der Waals surface area contributed by atoms with Crippen LogP contribution < -0.4 is 9.47 Å². The average molecular weight is 287 g/mol.